The van der Waals surface area contributed by atoms with E-state index in [1.165, 1.54) is 121 Å². The number of carbonyl (C=O) groups excluding carboxylic acids is 2. The summed E-state index contributed by atoms with van der Waals surface area (Å²) < 4.78 is 0. The maximum absolute atomic E-state index is 14.3. The Labute approximate surface area is 303 Å². The lowest BCUT2D eigenvalue weighted by Crippen LogP contribution is -2.58. The zero-order valence-corrected chi connectivity index (χ0v) is 33.0. The lowest BCUT2D eigenvalue weighted by Gasteiger charge is -2.61. The van der Waals surface area contributed by atoms with Gasteiger partial charge in [-0.3, -0.25) is 4.79 Å². The van der Waals surface area contributed by atoms with Gasteiger partial charge in [-0.2, -0.15) is 0 Å². The molecular weight excluding hydrogens is 601 g/mol. The Hall–Kier alpha value is -1.22. The Morgan fingerprint density at radius 3 is 2.16 bits per heavy atom. The highest BCUT2D eigenvalue weighted by Gasteiger charge is 2.63. The van der Waals surface area contributed by atoms with Gasteiger partial charge < -0.3 is 9.90 Å². The first kappa shape index (κ1) is 40.5. The molecule has 0 aromatic heterocycles. The highest BCUT2D eigenvalue weighted by atomic mass is 16.3. The molecule has 3 heteroatoms. The quantitative estimate of drug-likeness (QED) is 0.0704. The van der Waals surface area contributed by atoms with Crippen LogP contribution in [0, 0.1) is 58.2 Å². The van der Waals surface area contributed by atoms with Crippen LogP contribution >= 0.6 is 0 Å². The predicted molar refractivity (Wildman–Crippen MR) is 207 cm³/mol. The monoisotopic (exact) mass is 679 g/mol. The number of carbonyl (C=O) groups is 2. The summed E-state index contributed by atoms with van der Waals surface area (Å²) in [5.41, 5.74) is 1.39. The average Bonchev–Trinajstić information content (AvgIpc) is 3.43. The highest BCUT2D eigenvalue weighted by Crippen LogP contribution is 2.68. The first-order chi connectivity index (χ1) is 23.6. The van der Waals surface area contributed by atoms with Gasteiger partial charge in [0.1, 0.15) is 12.1 Å². The van der Waals surface area contributed by atoms with Crippen LogP contribution in [0.4, 0.5) is 0 Å². The van der Waals surface area contributed by atoms with Crippen LogP contribution in [0.3, 0.4) is 0 Å². The molecule has 3 nitrogen and oxygen atoms in total. The minimum Gasteiger partial charge on any atom is -0.392 e. The van der Waals surface area contributed by atoms with E-state index >= 15 is 0 Å². The molecule has 4 rings (SSSR count). The molecule has 0 heterocycles. The fourth-order valence-corrected chi connectivity index (χ4v) is 12.1. The topological polar surface area (TPSA) is 54.4 Å². The molecule has 0 aliphatic heterocycles. The molecule has 3 saturated carbocycles. The van der Waals surface area contributed by atoms with Crippen LogP contribution in [0.15, 0.2) is 23.8 Å². The van der Waals surface area contributed by atoms with Crippen LogP contribution in [-0.2, 0) is 9.59 Å². The fraction of sp³-hybridized carbons (Fsp3) is 0.870. The number of hydrogen-bond donors (Lipinski definition) is 1. The smallest absolute Gasteiger partial charge is 0.137 e. The van der Waals surface area contributed by atoms with Crippen molar-refractivity contribution in [3.8, 4) is 0 Å². The average molecular weight is 679 g/mol. The maximum Gasteiger partial charge on any atom is 0.137 e. The zero-order chi connectivity index (χ0) is 35.4. The van der Waals surface area contributed by atoms with Gasteiger partial charge in [-0.25, -0.2) is 0 Å². The molecule has 4 aliphatic rings. The minimum absolute atomic E-state index is 0.249. The molecule has 280 valence electrons. The summed E-state index contributed by atoms with van der Waals surface area (Å²) in [7, 11) is 0. The summed E-state index contributed by atoms with van der Waals surface area (Å²) in [6, 6.07) is 0. The van der Waals surface area contributed by atoms with Crippen molar-refractivity contribution in [1.29, 1.82) is 0 Å². The number of hydrogen-bond acceptors (Lipinski definition) is 3. The standard InChI is InChI=1S/C46H78O3/c1-7-8-9-10-11-12-13-14-15-16-17-18-19-20-21-25-42(48)44-38(33-47)43(49)32-36-26-27-37-40-29-28-39(35(4)24-22-23-34(2)3)45(40,5)31-30-41(37)46(36,44)6/h14-15,26,33-35,37-41,43-44,49H,7-13,16-25,27-32H2,1-6H3/b15-14-/t35-,37+,38?,39-,40+,41+,43-,44?,45-,46+/m1/s1. The molecule has 0 bridgehead atoms. The van der Waals surface area contributed by atoms with Crippen molar-refractivity contribution in [2.75, 3.05) is 0 Å². The van der Waals surface area contributed by atoms with E-state index in [9.17, 15) is 14.7 Å². The third kappa shape index (κ3) is 9.81. The predicted octanol–water partition coefficient (Wildman–Crippen LogP) is 12.6. The molecule has 0 aromatic carbocycles. The number of ketones is 1. The van der Waals surface area contributed by atoms with E-state index in [2.05, 4.69) is 59.8 Å². The molecule has 3 fully saturated rings. The van der Waals surface area contributed by atoms with Crippen molar-refractivity contribution < 1.29 is 14.7 Å². The minimum atomic E-state index is -0.729. The number of rotatable bonds is 22. The van der Waals surface area contributed by atoms with Crippen LogP contribution in [-0.4, -0.2) is 23.3 Å². The van der Waals surface area contributed by atoms with Crippen LogP contribution in [0.2, 0.25) is 0 Å². The Balaban J connectivity index is 1.30. The van der Waals surface area contributed by atoms with Gasteiger partial charge in [0, 0.05) is 17.8 Å². The lowest BCUT2D eigenvalue weighted by atomic mass is 9.43. The number of Topliss-reactive ketones (excluding diaryl/α,β-unsaturated/α-hetero) is 1. The fourth-order valence-electron chi connectivity index (χ4n) is 12.1. The first-order valence-electron chi connectivity index (χ1n) is 21.6. The number of allylic oxidation sites excluding steroid dienone is 3. The Bertz CT molecular complexity index is 1070. The van der Waals surface area contributed by atoms with Gasteiger partial charge in [0.15, 0.2) is 0 Å². The SMILES string of the molecule is CCCCCCCC/C=C\CCCCCCCC(=O)C1C(C=O)[C@H](O)CC2=CC[C@H]3[C@@H]4CC[C@H]([C@H](C)CCCC(C)C)[C@@]4(C)CC[C@@H]3[C@]21C. The number of aliphatic hydroxyl groups excluding tert-OH is 1. The Morgan fingerprint density at radius 2 is 1.51 bits per heavy atom. The molecule has 2 unspecified atom stereocenters. The molecule has 49 heavy (non-hydrogen) atoms. The van der Waals surface area contributed by atoms with Gasteiger partial charge >= 0.3 is 0 Å². The summed E-state index contributed by atoms with van der Waals surface area (Å²) in [4.78, 5) is 26.9. The van der Waals surface area contributed by atoms with Gasteiger partial charge in [0.25, 0.3) is 0 Å². The second-order valence-electron chi connectivity index (χ2n) is 18.4. The highest BCUT2D eigenvalue weighted by molar-refractivity contribution is 5.86. The van der Waals surface area contributed by atoms with E-state index in [0.717, 1.165) is 43.3 Å². The van der Waals surface area contributed by atoms with Gasteiger partial charge in [-0.05, 0) is 112 Å². The summed E-state index contributed by atoms with van der Waals surface area (Å²) in [5, 5.41) is 11.2. The van der Waals surface area contributed by atoms with Gasteiger partial charge in [-0.15, -0.1) is 0 Å². The van der Waals surface area contributed by atoms with Crippen LogP contribution in [0.25, 0.3) is 0 Å². The van der Waals surface area contributed by atoms with E-state index in [4.69, 9.17) is 0 Å². The van der Waals surface area contributed by atoms with Crippen molar-refractivity contribution >= 4 is 12.1 Å². The molecule has 1 N–H and O–H groups in total. The van der Waals surface area contributed by atoms with E-state index in [-0.39, 0.29) is 17.1 Å². The molecule has 0 radical (unpaired) electrons. The molecule has 0 spiro atoms. The Kier molecular flexibility index (Phi) is 16.2. The molecule has 4 aliphatic carbocycles. The summed E-state index contributed by atoms with van der Waals surface area (Å²) in [6.45, 7) is 14.5. The normalized spacial score (nSPS) is 34.8. The largest absolute Gasteiger partial charge is 0.392 e. The summed E-state index contributed by atoms with van der Waals surface area (Å²) in [5.74, 6) is 3.42. The maximum atomic E-state index is 14.3. The molecular formula is C46H78O3. The zero-order valence-electron chi connectivity index (χ0n) is 33.0. The second-order valence-corrected chi connectivity index (χ2v) is 18.4. The number of unbranched alkanes of at least 4 members (excludes halogenated alkanes) is 11. The van der Waals surface area contributed by atoms with Crippen molar-refractivity contribution in [2.45, 2.75) is 195 Å². The van der Waals surface area contributed by atoms with Crippen molar-refractivity contribution in [3.05, 3.63) is 23.8 Å². The van der Waals surface area contributed by atoms with Crippen molar-refractivity contribution in [3.63, 3.8) is 0 Å². The number of aliphatic hydroxyl groups is 1. The molecule has 0 saturated heterocycles. The molecule has 0 aromatic rings. The van der Waals surface area contributed by atoms with Crippen LogP contribution < -0.4 is 0 Å². The van der Waals surface area contributed by atoms with Crippen molar-refractivity contribution in [1.82, 2.24) is 0 Å². The van der Waals surface area contributed by atoms with Gasteiger partial charge in [0.2, 0.25) is 0 Å². The van der Waals surface area contributed by atoms with E-state index in [1.54, 1.807) is 0 Å². The second kappa shape index (κ2) is 19.6. The lowest BCUT2D eigenvalue weighted by molar-refractivity contribution is -0.148. The third-order valence-electron chi connectivity index (χ3n) is 14.8. The van der Waals surface area contributed by atoms with E-state index in [0.29, 0.717) is 36.0 Å². The number of fused-ring (bicyclic) bond motifs is 5. The molecule has 0 amide bonds. The van der Waals surface area contributed by atoms with E-state index in [1.807, 2.05) is 0 Å². The van der Waals surface area contributed by atoms with Crippen molar-refractivity contribution in [2.24, 2.45) is 58.2 Å². The summed E-state index contributed by atoms with van der Waals surface area (Å²) in [6.07, 6.45) is 35.0. The summed E-state index contributed by atoms with van der Waals surface area (Å²) >= 11 is 0. The Morgan fingerprint density at radius 1 is 0.857 bits per heavy atom. The number of aldehydes is 1. The van der Waals surface area contributed by atoms with Crippen LogP contribution in [0.5, 0.6) is 0 Å². The van der Waals surface area contributed by atoms with Crippen LogP contribution in [0.1, 0.15) is 189 Å². The van der Waals surface area contributed by atoms with Gasteiger partial charge in [0.05, 0.1) is 12.0 Å². The van der Waals surface area contributed by atoms with Gasteiger partial charge in [-0.1, -0.05) is 136 Å². The first-order valence-corrected chi connectivity index (χ1v) is 21.6. The molecule has 10 atom stereocenters. The third-order valence-corrected chi connectivity index (χ3v) is 14.8. The van der Waals surface area contributed by atoms with E-state index < -0.39 is 12.0 Å².